The van der Waals surface area contributed by atoms with Crippen molar-refractivity contribution < 1.29 is 18.4 Å². The van der Waals surface area contributed by atoms with E-state index in [2.05, 4.69) is 15.2 Å². The van der Waals surface area contributed by atoms with Gasteiger partial charge >= 0.3 is 0 Å². The number of rotatable bonds is 7. The fourth-order valence-electron chi connectivity index (χ4n) is 2.24. The number of hydrogen-bond acceptors (Lipinski definition) is 5. The minimum absolute atomic E-state index is 0.0593. The molecule has 0 spiro atoms. The van der Waals surface area contributed by atoms with E-state index in [0.29, 0.717) is 24.5 Å². The molecule has 0 unspecified atom stereocenters. The second-order valence-electron chi connectivity index (χ2n) is 5.15. The lowest BCUT2D eigenvalue weighted by Gasteiger charge is -2.07. The van der Waals surface area contributed by atoms with Crippen molar-refractivity contribution in [3.63, 3.8) is 0 Å². The molecule has 0 aliphatic carbocycles. The molecular weight excluding hydrogens is 311 g/mol. The topological polar surface area (TPSA) is 64.4 Å². The monoisotopic (exact) mass is 326 g/mol. The molecule has 0 bridgehead atoms. The van der Waals surface area contributed by atoms with Gasteiger partial charge in [0.25, 0.3) is 6.47 Å². The zero-order chi connectivity index (χ0) is 16.8. The maximum Gasteiger partial charge on any atom is 0.293 e. The Morgan fingerprint density at radius 2 is 2.00 bits per heavy atom. The average molecular weight is 326 g/mol. The summed E-state index contributed by atoms with van der Waals surface area (Å²) in [7, 11) is 0. The van der Waals surface area contributed by atoms with Crippen LogP contribution in [0.5, 0.6) is 0 Å². The molecular formula is C18H15FN2O3. The first kappa shape index (κ1) is 15.7. The number of aromatic nitrogens is 1. The van der Waals surface area contributed by atoms with Crippen molar-refractivity contribution in [3.05, 3.63) is 71.7 Å². The number of halogens is 1. The number of nitrogens with zero attached hydrogens (tertiary/aromatic N) is 1. The summed E-state index contributed by atoms with van der Waals surface area (Å²) in [5.74, 6) is 0.232. The number of benzene rings is 2. The SMILES string of the molecule is O=COCc1cc(-c2ccc(NCc3cccc(F)c3)cc2)no1. The molecule has 5 nitrogen and oxygen atoms in total. The zero-order valence-electron chi connectivity index (χ0n) is 12.7. The largest absolute Gasteiger partial charge is 0.460 e. The molecule has 0 radical (unpaired) electrons. The van der Waals surface area contributed by atoms with Crippen LogP contribution in [0.2, 0.25) is 0 Å². The highest BCUT2D eigenvalue weighted by atomic mass is 19.1. The van der Waals surface area contributed by atoms with Gasteiger partial charge in [0.15, 0.2) is 12.4 Å². The fraction of sp³-hybridized carbons (Fsp3) is 0.111. The van der Waals surface area contributed by atoms with Gasteiger partial charge < -0.3 is 14.6 Å². The first-order valence-corrected chi connectivity index (χ1v) is 7.34. The summed E-state index contributed by atoms with van der Waals surface area (Å²) < 4.78 is 22.8. The summed E-state index contributed by atoms with van der Waals surface area (Å²) in [5, 5.41) is 7.17. The number of nitrogens with one attached hydrogen (secondary N) is 1. The molecule has 0 aliphatic heterocycles. The van der Waals surface area contributed by atoms with Crippen LogP contribution in [0.3, 0.4) is 0 Å². The summed E-state index contributed by atoms with van der Waals surface area (Å²) in [4.78, 5) is 10.2. The Balaban J connectivity index is 1.62. The molecule has 0 amide bonds. The third-order valence-electron chi connectivity index (χ3n) is 3.42. The minimum atomic E-state index is -0.245. The number of carbonyl (C=O) groups is 1. The van der Waals surface area contributed by atoms with E-state index in [9.17, 15) is 9.18 Å². The van der Waals surface area contributed by atoms with Crippen LogP contribution in [0.15, 0.2) is 59.1 Å². The van der Waals surface area contributed by atoms with Gasteiger partial charge in [0.2, 0.25) is 0 Å². The van der Waals surface area contributed by atoms with Gasteiger partial charge in [-0.2, -0.15) is 0 Å². The molecule has 0 atom stereocenters. The normalized spacial score (nSPS) is 10.4. The van der Waals surface area contributed by atoms with Crippen molar-refractivity contribution in [2.75, 3.05) is 5.32 Å². The van der Waals surface area contributed by atoms with Gasteiger partial charge in [-0.05, 0) is 29.8 Å². The summed E-state index contributed by atoms with van der Waals surface area (Å²) in [5.41, 5.74) is 3.33. The molecule has 0 aliphatic rings. The molecule has 1 aromatic heterocycles. The summed E-state index contributed by atoms with van der Waals surface area (Å²) in [6, 6.07) is 15.8. The maximum absolute atomic E-state index is 13.1. The third-order valence-corrected chi connectivity index (χ3v) is 3.42. The van der Waals surface area contributed by atoms with Crippen LogP contribution in [0.25, 0.3) is 11.3 Å². The lowest BCUT2D eigenvalue weighted by atomic mass is 10.1. The van der Waals surface area contributed by atoms with Crippen molar-refractivity contribution in [2.24, 2.45) is 0 Å². The van der Waals surface area contributed by atoms with Crippen LogP contribution >= 0.6 is 0 Å². The van der Waals surface area contributed by atoms with E-state index in [1.54, 1.807) is 12.1 Å². The molecule has 0 fully saturated rings. The zero-order valence-corrected chi connectivity index (χ0v) is 12.7. The predicted octanol–water partition coefficient (Wildman–Crippen LogP) is 3.77. The van der Waals surface area contributed by atoms with Crippen LogP contribution in [0.4, 0.5) is 10.1 Å². The Kier molecular flexibility index (Phi) is 4.86. The molecule has 24 heavy (non-hydrogen) atoms. The molecule has 0 saturated carbocycles. The molecule has 6 heteroatoms. The van der Waals surface area contributed by atoms with Gasteiger partial charge in [0.05, 0.1) is 0 Å². The van der Waals surface area contributed by atoms with Crippen LogP contribution in [0, 0.1) is 5.82 Å². The second kappa shape index (κ2) is 7.41. The van der Waals surface area contributed by atoms with Crippen LogP contribution in [0.1, 0.15) is 11.3 Å². The van der Waals surface area contributed by atoms with E-state index in [1.165, 1.54) is 12.1 Å². The molecule has 0 saturated heterocycles. The fourth-order valence-corrected chi connectivity index (χ4v) is 2.24. The smallest absolute Gasteiger partial charge is 0.293 e. The van der Waals surface area contributed by atoms with Crippen molar-refractivity contribution in [2.45, 2.75) is 13.2 Å². The number of hydrogen-bond donors (Lipinski definition) is 1. The standard InChI is InChI=1S/C18H15FN2O3/c19-15-3-1-2-13(8-15)10-20-16-6-4-14(5-7-16)18-9-17(24-21-18)11-23-12-22/h1-9,12,20H,10-11H2. The van der Waals surface area contributed by atoms with E-state index in [1.807, 2.05) is 30.3 Å². The van der Waals surface area contributed by atoms with Crippen LogP contribution < -0.4 is 5.32 Å². The third kappa shape index (κ3) is 3.98. The average Bonchev–Trinajstić information content (AvgIpc) is 3.08. The van der Waals surface area contributed by atoms with Crippen molar-refractivity contribution in [1.29, 1.82) is 0 Å². The van der Waals surface area contributed by atoms with Crippen LogP contribution in [-0.2, 0) is 22.7 Å². The van der Waals surface area contributed by atoms with Crippen molar-refractivity contribution >= 4 is 12.2 Å². The van der Waals surface area contributed by atoms with E-state index in [-0.39, 0.29) is 12.4 Å². The van der Waals surface area contributed by atoms with Gasteiger partial charge in [-0.3, -0.25) is 4.79 Å². The molecule has 3 rings (SSSR count). The lowest BCUT2D eigenvalue weighted by Crippen LogP contribution is -1.99. The van der Waals surface area contributed by atoms with E-state index in [4.69, 9.17) is 4.52 Å². The van der Waals surface area contributed by atoms with E-state index < -0.39 is 0 Å². The number of ether oxygens (including phenoxy) is 1. The Bertz CT molecular complexity index is 815. The Hall–Kier alpha value is -3.15. The van der Waals surface area contributed by atoms with Crippen molar-refractivity contribution in [1.82, 2.24) is 5.16 Å². The highest BCUT2D eigenvalue weighted by Gasteiger charge is 2.07. The predicted molar refractivity (Wildman–Crippen MR) is 86.5 cm³/mol. The Labute approximate surface area is 138 Å². The molecule has 3 aromatic rings. The van der Waals surface area contributed by atoms with Gasteiger partial charge in [0, 0.05) is 23.9 Å². The first-order chi connectivity index (χ1) is 11.7. The summed E-state index contributed by atoms with van der Waals surface area (Å²) >= 11 is 0. The highest BCUT2D eigenvalue weighted by molar-refractivity contribution is 5.62. The molecule has 122 valence electrons. The molecule has 1 N–H and O–H groups in total. The summed E-state index contributed by atoms with van der Waals surface area (Å²) in [6.07, 6.45) is 0. The first-order valence-electron chi connectivity index (χ1n) is 7.34. The lowest BCUT2D eigenvalue weighted by molar-refractivity contribution is -0.130. The van der Waals surface area contributed by atoms with Gasteiger partial charge in [-0.15, -0.1) is 0 Å². The van der Waals surface area contributed by atoms with Gasteiger partial charge in [-0.25, -0.2) is 4.39 Å². The Morgan fingerprint density at radius 1 is 1.17 bits per heavy atom. The van der Waals surface area contributed by atoms with Crippen molar-refractivity contribution in [3.8, 4) is 11.3 Å². The number of anilines is 1. The Morgan fingerprint density at radius 3 is 2.75 bits per heavy atom. The van der Waals surface area contributed by atoms with E-state index >= 15 is 0 Å². The van der Waals surface area contributed by atoms with Crippen LogP contribution in [-0.4, -0.2) is 11.6 Å². The van der Waals surface area contributed by atoms with E-state index in [0.717, 1.165) is 16.8 Å². The number of carbonyl (C=O) groups excluding carboxylic acids is 1. The minimum Gasteiger partial charge on any atom is -0.460 e. The maximum atomic E-state index is 13.1. The molecule has 1 heterocycles. The summed E-state index contributed by atoms with van der Waals surface area (Å²) in [6.45, 7) is 0.958. The second-order valence-corrected chi connectivity index (χ2v) is 5.15. The van der Waals surface area contributed by atoms with Gasteiger partial charge in [-0.1, -0.05) is 29.4 Å². The quantitative estimate of drug-likeness (QED) is 0.670. The molecule has 2 aromatic carbocycles. The highest BCUT2D eigenvalue weighted by Crippen LogP contribution is 2.22. The van der Waals surface area contributed by atoms with Gasteiger partial charge in [0.1, 0.15) is 11.5 Å².